The van der Waals surface area contributed by atoms with Crippen LogP contribution in [0.1, 0.15) is 13.8 Å². The van der Waals surface area contributed by atoms with E-state index in [2.05, 4.69) is 34.4 Å². The molecular weight excluding hydrogens is 344 g/mol. The molecule has 3 aromatic rings. The third-order valence-corrected chi connectivity index (χ3v) is 4.55. The molecule has 0 radical (unpaired) electrons. The Kier molecular flexibility index (Phi) is 5.63. The lowest BCUT2D eigenvalue weighted by Crippen LogP contribution is -2.12. The van der Waals surface area contributed by atoms with E-state index in [1.807, 2.05) is 60.7 Å². The Bertz CT molecular complexity index is 913. The van der Waals surface area contributed by atoms with Crippen LogP contribution in [-0.2, 0) is 10.8 Å². The summed E-state index contributed by atoms with van der Waals surface area (Å²) in [7, 11) is -1.03. The van der Waals surface area contributed by atoms with Crippen molar-refractivity contribution in [2.75, 3.05) is 16.9 Å². The summed E-state index contributed by atoms with van der Waals surface area (Å²) in [5.74, 6) is 2.08. The summed E-state index contributed by atoms with van der Waals surface area (Å²) in [6.07, 6.45) is 1.67. The minimum absolute atomic E-state index is 0.257. The fourth-order valence-electron chi connectivity index (χ4n) is 2.50. The van der Waals surface area contributed by atoms with Crippen molar-refractivity contribution < 1.29 is 4.21 Å². The van der Waals surface area contributed by atoms with Gasteiger partial charge in [-0.1, -0.05) is 36.4 Å². The maximum absolute atomic E-state index is 11.7. The average Bonchev–Trinajstić information content (AvgIpc) is 2.62. The SMILES string of the molecule is CC(C)Nc1cc(Nc2cccc(S(C)=O)c2)nc(-c2ccccc2)n1. The molecule has 0 aliphatic rings. The fraction of sp³-hybridized carbons (Fsp3) is 0.200. The molecule has 3 rings (SSSR count). The average molecular weight is 366 g/mol. The van der Waals surface area contributed by atoms with E-state index < -0.39 is 10.8 Å². The molecule has 0 fully saturated rings. The van der Waals surface area contributed by atoms with E-state index in [1.165, 1.54) is 0 Å². The van der Waals surface area contributed by atoms with Gasteiger partial charge in [-0.05, 0) is 32.0 Å². The minimum atomic E-state index is -1.03. The molecule has 0 saturated carbocycles. The highest BCUT2D eigenvalue weighted by atomic mass is 32.2. The van der Waals surface area contributed by atoms with Crippen LogP contribution in [-0.4, -0.2) is 26.5 Å². The van der Waals surface area contributed by atoms with Gasteiger partial charge in [0.2, 0.25) is 0 Å². The van der Waals surface area contributed by atoms with Crippen LogP contribution in [0, 0.1) is 0 Å². The monoisotopic (exact) mass is 366 g/mol. The molecule has 2 N–H and O–H groups in total. The normalized spacial score (nSPS) is 12.0. The van der Waals surface area contributed by atoms with E-state index in [-0.39, 0.29) is 6.04 Å². The third-order valence-electron chi connectivity index (χ3n) is 3.63. The Morgan fingerprint density at radius 3 is 2.35 bits per heavy atom. The first-order valence-electron chi connectivity index (χ1n) is 8.43. The number of aromatic nitrogens is 2. The van der Waals surface area contributed by atoms with Crippen LogP contribution in [0.3, 0.4) is 0 Å². The van der Waals surface area contributed by atoms with Gasteiger partial charge in [0.15, 0.2) is 5.82 Å². The first kappa shape index (κ1) is 18.1. The van der Waals surface area contributed by atoms with E-state index in [9.17, 15) is 4.21 Å². The van der Waals surface area contributed by atoms with Crippen LogP contribution >= 0.6 is 0 Å². The molecule has 0 aliphatic heterocycles. The van der Waals surface area contributed by atoms with E-state index in [1.54, 1.807) is 6.26 Å². The van der Waals surface area contributed by atoms with Crippen LogP contribution in [0.2, 0.25) is 0 Å². The highest BCUT2D eigenvalue weighted by molar-refractivity contribution is 7.84. The van der Waals surface area contributed by atoms with Gasteiger partial charge in [-0.15, -0.1) is 0 Å². The maximum atomic E-state index is 11.7. The highest BCUT2D eigenvalue weighted by Crippen LogP contribution is 2.24. The molecule has 0 aliphatic carbocycles. The summed E-state index contributed by atoms with van der Waals surface area (Å²) in [4.78, 5) is 10.0. The molecule has 0 spiro atoms. The number of hydrogen-bond donors (Lipinski definition) is 2. The Labute approximate surface area is 156 Å². The van der Waals surface area contributed by atoms with Gasteiger partial charge in [0.05, 0.1) is 0 Å². The second kappa shape index (κ2) is 8.10. The largest absolute Gasteiger partial charge is 0.368 e. The number of anilines is 3. The van der Waals surface area contributed by atoms with Crippen molar-refractivity contribution in [2.45, 2.75) is 24.8 Å². The van der Waals surface area contributed by atoms with Gasteiger partial charge in [0, 0.05) is 45.3 Å². The predicted molar refractivity (Wildman–Crippen MR) is 108 cm³/mol. The van der Waals surface area contributed by atoms with Crippen LogP contribution in [0.5, 0.6) is 0 Å². The molecule has 134 valence electrons. The number of rotatable bonds is 6. The van der Waals surface area contributed by atoms with Crippen molar-refractivity contribution in [1.82, 2.24) is 9.97 Å². The Hall–Kier alpha value is -2.73. The molecule has 0 bridgehead atoms. The van der Waals surface area contributed by atoms with Gasteiger partial charge in [0.25, 0.3) is 0 Å². The van der Waals surface area contributed by atoms with Gasteiger partial charge in [-0.2, -0.15) is 0 Å². The zero-order valence-corrected chi connectivity index (χ0v) is 15.9. The topological polar surface area (TPSA) is 66.9 Å². The molecule has 1 atom stereocenters. The smallest absolute Gasteiger partial charge is 0.163 e. The highest BCUT2D eigenvalue weighted by Gasteiger charge is 2.09. The summed E-state index contributed by atoms with van der Waals surface area (Å²) in [5.41, 5.74) is 1.79. The lowest BCUT2D eigenvalue weighted by Gasteiger charge is -2.13. The van der Waals surface area contributed by atoms with Gasteiger partial charge in [-0.3, -0.25) is 4.21 Å². The van der Waals surface area contributed by atoms with Gasteiger partial charge in [0.1, 0.15) is 11.6 Å². The van der Waals surface area contributed by atoms with Crippen molar-refractivity contribution >= 4 is 28.1 Å². The van der Waals surface area contributed by atoms with Gasteiger partial charge >= 0.3 is 0 Å². The summed E-state index contributed by atoms with van der Waals surface area (Å²) in [6.45, 7) is 4.13. The summed E-state index contributed by atoms with van der Waals surface area (Å²) >= 11 is 0. The molecule has 1 unspecified atom stereocenters. The number of nitrogens with one attached hydrogen (secondary N) is 2. The quantitative estimate of drug-likeness (QED) is 0.675. The van der Waals surface area contributed by atoms with Crippen molar-refractivity contribution in [2.24, 2.45) is 0 Å². The van der Waals surface area contributed by atoms with Crippen molar-refractivity contribution in [3.63, 3.8) is 0 Å². The number of benzene rings is 2. The summed E-state index contributed by atoms with van der Waals surface area (Å²) in [5, 5.41) is 6.63. The zero-order chi connectivity index (χ0) is 18.5. The second-order valence-electron chi connectivity index (χ2n) is 6.23. The van der Waals surface area contributed by atoms with Crippen LogP contribution in [0.15, 0.2) is 65.6 Å². The molecule has 1 heterocycles. The molecule has 6 heteroatoms. The van der Waals surface area contributed by atoms with Crippen molar-refractivity contribution in [3.8, 4) is 11.4 Å². The molecule has 5 nitrogen and oxygen atoms in total. The van der Waals surface area contributed by atoms with Crippen LogP contribution in [0.25, 0.3) is 11.4 Å². The van der Waals surface area contributed by atoms with E-state index in [0.29, 0.717) is 11.6 Å². The molecule has 26 heavy (non-hydrogen) atoms. The molecule has 0 amide bonds. The lowest BCUT2D eigenvalue weighted by atomic mass is 10.2. The van der Waals surface area contributed by atoms with E-state index in [0.717, 1.165) is 22.0 Å². The first-order valence-corrected chi connectivity index (χ1v) is 9.98. The van der Waals surface area contributed by atoms with Crippen LogP contribution in [0.4, 0.5) is 17.3 Å². The first-order chi connectivity index (χ1) is 12.5. The lowest BCUT2D eigenvalue weighted by molar-refractivity contribution is 0.687. The Morgan fingerprint density at radius 2 is 1.65 bits per heavy atom. The molecule has 2 aromatic carbocycles. The second-order valence-corrected chi connectivity index (χ2v) is 7.61. The molecular formula is C20H22N4OS. The van der Waals surface area contributed by atoms with Crippen molar-refractivity contribution in [3.05, 3.63) is 60.7 Å². The summed E-state index contributed by atoms with van der Waals surface area (Å²) < 4.78 is 11.7. The molecule has 0 saturated heterocycles. The molecule has 1 aromatic heterocycles. The Balaban J connectivity index is 1.97. The third kappa shape index (κ3) is 4.67. The number of nitrogens with zero attached hydrogens (tertiary/aromatic N) is 2. The minimum Gasteiger partial charge on any atom is -0.368 e. The predicted octanol–water partition coefficient (Wildman–Crippen LogP) is 4.44. The van der Waals surface area contributed by atoms with Gasteiger partial charge in [-0.25, -0.2) is 9.97 Å². The fourth-order valence-corrected chi connectivity index (χ4v) is 3.06. The van der Waals surface area contributed by atoms with Crippen LogP contribution < -0.4 is 10.6 Å². The number of hydrogen-bond acceptors (Lipinski definition) is 5. The van der Waals surface area contributed by atoms with Crippen molar-refractivity contribution in [1.29, 1.82) is 0 Å². The zero-order valence-electron chi connectivity index (χ0n) is 15.1. The standard InChI is InChI=1S/C20H22N4OS/c1-14(2)21-18-13-19(22-16-10-7-11-17(12-16)26(3)25)24-20(23-18)15-8-5-4-6-9-15/h4-14H,1-3H3,(H2,21,22,23,24). The maximum Gasteiger partial charge on any atom is 0.163 e. The summed E-state index contributed by atoms with van der Waals surface area (Å²) in [6, 6.07) is 19.5. The van der Waals surface area contributed by atoms with Gasteiger partial charge < -0.3 is 10.6 Å². The Morgan fingerprint density at radius 1 is 0.923 bits per heavy atom. The van der Waals surface area contributed by atoms with E-state index in [4.69, 9.17) is 0 Å². The van der Waals surface area contributed by atoms with E-state index >= 15 is 0 Å².